The zero-order chi connectivity index (χ0) is 19.4. The van der Waals surface area contributed by atoms with Crippen LogP contribution < -0.4 is 4.74 Å². The second kappa shape index (κ2) is 8.61. The number of rotatable bonds is 7. The maximum absolute atomic E-state index is 6.14. The fourth-order valence-electron chi connectivity index (χ4n) is 3.00. The van der Waals surface area contributed by atoms with Gasteiger partial charge in [-0.05, 0) is 63.4 Å². The van der Waals surface area contributed by atoms with E-state index in [1.807, 2.05) is 13.0 Å². The SMILES string of the molecule is CCn1c(SCc2cccc(C)c2)nnc1C(C)Oc1ccc(C)c(C)c1. The zero-order valence-electron chi connectivity index (χ0n) is 16.7. The summed E-state index contributed by atoms with van der Waals surface area (Å²) in [6.07, 6.45) is -0.159. The minimum Gasteiger partial charge on any atom is -0.483 e. The number of ether oxygens (including phenoxy) is 1. The second-order valence-corrected chi connectivity index (χ2v) is 7.81. The van der Waals surface area contributed by atoms with Crippen LogP contribution in [-0.4, -0.2) is 14.8 Å². The fourth-order valence-corrected chi connectivity index (χ4v) is 3.95. The van der Waals surface area contributed by atoms with Crippen molar-refractivity contribution >= 4 is 11.8 Å². The van der Waals surface area contributed by atoms with Crippen molar-refractivity contribution in [1.29, 1.82) is 0 Å². The second-order valence-electron chi connectivity index (χ2n) is 6.87. The van der Waals surface area contributed by atoms with E-state index in [4.69, 9.17) is 4.74 Å². The normalized spacial score (nSPS) is 12.2. The predicted octanol–water partition coefficient (Wildman–Crippen LogP) is 5.66. The van der Waals surface area contributed by atoms with Gasteiger partial charge in [-0.1, -0.05) is 47.7 Å². The summed E-state index contributed by atoms with van der Waals surface area (Å²) >= 11 is 1.72. The maximum atomic E-state index is 6.14. The van der Waals surface area contributed by atoms with Crippen LogP contribution in [0.3, 0.4) is 0 Å². The molecule has 0 saturated carbocycles. The van der Waals surface area contributed by atoms with Crippen molar-refractivity contribution in [2.45, 2.75) is 58.2 Å². The summed E-state index contributed by atoms with van der Waals surface area (Å²) in [6, 6.07) is 14.8. The van der Waals surface area contributed by atoms with Crippen LogP contribution in [-0.2, 0) is 12.3 Å². The molecule has 1 atom stereocenters. The van der Waals surface area contributed by atoms with Crippen LogP contribution in [0.1, 0.15) is 48.0 Å². The van der Waals surface area contributed by atoms with Gasteiger partial charge >= 0.3 is 0 Å². The van der Waals surface area contributed by atoms with Gasteiger partial charge in [0.15, 0.2) is 17.1 Å². The van der Waals surface area contributed by atoms with Crippen LogP contribution in [0.15, 0.2) is 47.6 Å². The zero-order valence-corrected chi connectivity index (χ0v) is 17.5. The molecule has 27 heavy (non-hydrogen) atoms. The van der Waals surface area contributed by atoms with Crippen molar-refractivity contribution in [3.8, 4) is 5.75 Å². The van der Waals surface area contributed by atoms with Crippen LogP contribution in [0.2, 0.25) is 0 Å². The predicted molar refractivity (Wildman–Crippen MR) is 111 cm³/mol. The summed E-state index contributed by atoms with van der Waals surface area (Å²) in [5, 5.41) is 9.77. The molecule has 3 rings (SSSR count). The Kier molecular flexibility index (Phi) is 6.22. The highest BCUT2D eigenvalue weighted by Crippen LogP contribution is 2.27. The molecule has 0 aliphatic carbocycles. The van der Waals surface area contributed by atoms with Gasteiger partial charge in [0.25, 0.3) is 0 Å². The van der Waals surface area contributed by atoms with E-state index in [9.17, 15) is 0 Å². The molecular formula is C22H27N3OS. The molecule has 1 heterocycles. The van der Waals surface area contributed by atoms with E-state index in [1.54, 1.807) is 11.8 Å². The summed E-state index contributed by atoms with van der Waals surface area (Å²) < 4.78 is 8.28. The average Bonchev–Trinajstić information content (AvgIpc) is 3.06. The molecule has 0 fully saturated rings. The fraction of sp³-hybridized carbons (Fsp3) is 0.364. The Morgan fingerprint density at radius 2 is 1.85 bits per heavy atom. The van der Waals surface area contributed by atoms with Gasteiger partial charge in [-0.3, -0.25) is 0 Å². The van der Waals surface area contributed by atoms with Crippen LogP contribution in [0, 0.1) is 20.8 Å². The molecule has 1 aromatic heterocycles. The van der Waals surface area contributed by atoms with E-state index >= 15 is 0 Å². The van der Waals surface area contributed by atoms with E-state index in [1.165, 1.54) is 22.3 Å². The molecule has 0 aliphatic rings. The molecule has 2 aromatic carbocycles. The van der Waals surface area contributed by atoms with Gasteiger partial charge in [-0.15, -0.1) is 10.2 Å². The molecule has 4 nitrogen and oxygen atoms in total. The van der Waals surface area contributed by atoms with Gasteiger partial charge in [0.05, 0.1) is 0 Å². The first-order chi connectivity index (χ1) is 13.0. The minimum atomic E-state index is -0.159. The van der Waals surface area contributed by atoms with Gasteiger partial charge < -0.3 is 9.30 Å². The van der Waals surface area contributed by atoms with E-state index < -0.39 is 0 Å². The Bertz CT molecular complexity index is 920. The number of thioether (sulfide) groups is 1. The van der Waals surface area contributed by atoms with Crippen LogP contribution >= 0.6 is 11.8 Å². The van der Waals surface area contributed by atoms with Gasteiger partial charge in [-0.2, -0.15) is 0 Å². The first kappa shape index (κ1) is 19.5. The lowest BCUT2D eigenvalue weighted by Gasteiger charge is -2.16. The molecule has 0 saturated heterocycles. The number of hydrogen-bond donors (Lipinski definition) is 0. The van der Waals surface area contributed by atoms with E-state index in [0.717, 1.165) is 29.0 Å². The Morgan fingerprint density at radius 1 is 1.04 bits per heavy atom. The van der Waals surface area contributed by atoms with Crippen molar-refractivity contribution in [2.24, 2.45) is 0 Å². The lowest BCUT2D eigenvalue weighted by atomic mass is 10.1. The van der Waals surface area contributed by atoms with Gasteiger partial charge in [0, 0.05) is 12.3 Å². The third-order valence-corrected chi connectivity index (χ3v) is 5.70. The molecule has 0 N–H and O–H groups in total. The maximum Gasteiger partial charge on any atom is 0.191 e. The Balaban J connectivity index is 1.73. The van der Waals surface area contributed by atoms with E-state index in [-0.39, 0.29) is 6.10 Å². The first-order valence-electron chi connectivity index (χ1n) is 9.33. The average molecular weight is 382 g/mol. The quantitative estimate of drug-likeness (QED) is 0.495. The standard InChI is InChI=1S/C22H27N3OS/c1-6-25-21(18(5)26-20-11-10-16(3)17(4)13-20)23-24-22(25)27-14-19-9-7-8-15(2)12-19/h7-13,18H,6,14H2,1-5H3. The van der Waals surface area contributed by atoms with E-state index in [0.29, 0.717) is 0 Å². The monoisotopic (exact) mass is 381 g/mol. The molecule has 3 aromatic rings. The summed E-state index contributed by atoms with van der Waals surface area (Å²) in [6.45, 7) is 11.3. The molecular weight excluding hydrogens is 354 g/mol. The highest BCUT2D eigenvalue weighted by Gasteiger charge is 2.19. The Morgan fingerprint density at radius 3 is 2.56 bits per heavy atom. The summed E-state index contributed by atoms with van der Waals surface area (Å²) in [5.41, 5.74) is 5.07. The third-order valence-electron chi connectivity index (χ3n) is 4.67. The number of benzene rings is 2. The highest BCUT2D eigenvalue weighted by molar-refractivity contribution is 7.98. The largest absolute Gasteiger partial charge is 0.483 e. The van der Waals surface area contributed by atoms with Crippen molar-refractivity contribution in [3.63, 3.8) is 0 Å². The van der Waals surface area contributed by atoms with Gasteiger partial charge in [-0.25, -0.2) is 0 Å². The van der Waals surface area contributed by atoms with Crippen molar-refractivity contribution in [1.82, 2.24) is 14.8 Å². The Hall–Kier alpha value is -2.27. The van der Waals surface area contributed by atoms with Crippen LogP contribution in [0.4, 0.5) is 0 Å². The molecule has 0 spiro atoms. The van der Waals surface area contributed by atoms with Gasteiger partial charge in [0.1, 0.15) is 5.75 Å². The molecule has 0 aliphatic heterocycles. The van der Waals surface area contributed by atoms with Gasteiger partial charge in [0.2, 0.25) is 0 Å². The van der Waals surface area contributed by atoms with Crippen LogP contribution in [0.5, 0.6) is 5.75 Å². The molecule has 5 heteroatoms. The highest BCUT2D eigenvalue weighted by atomic mass is 32.2. The number of aromatic nitrogens is 3. The molecule has 0 amide bonds. The lowest BCUT2D eigenvalue weighted by molar-refractivity contribution is 0.209. The van der Waals surface area contributed by atoms with Crippen LogP contribution in [0.25, 0.3) is 0 Å². The topological polar surface area (TPSA) is 39.9 Å². The summed E-state index contributed by atoms with van der Waals surface area (Å²) in [4.78, 5) is 0. The van der Waals surface area contributed by atoms with E-state index in [2.05, 4.69) is 78.9 Å². The molecule has 1 unspecified atom stereocenters. The van der Waals surface area contributed by atoms with Crippen molar-refractivity contribution in [3.05, 3.63) is 70.5 Å². The molecule has 142 valence electrons. The molecule has 0 radical (unpaired) electrons. The van der Waals surface area contributed by atoms with Crippen molar-refractivity contribution < 1.29 is 4.74 Å². The van der Waals surface area contributed by atoms with Crippen molar-refractivity contribution in [2.75, 3.05) is 0 Å². The minimum absolute atomic E-state index is 0.159. The third kappa shape index (κ3) is 4.72. The summed E-state index contributed by atoms with van der Waals surface area (Å²) in [5.74, 6) is 2.61. The summed E-state index contributed by atoms with van der Waals surface area (Å²) in [7, 11) is 0. The lowest BCUT2D eigenvalue weighted by Crippen LogP contribution is -2.12. The number of nitrogens with zero attached hydrogens (tertiary/aromatic N) is 3. The molecule has 0 bridgehead atoms. The first-order valence-corrected chi connectivity index (χ1v) is 10.3. The number of hydrogen-bond acceptors (Lipinski definition) is 4. The Labute approximate surface area is 166 Å². The smallest absolute Gasteiger partial charge is 0.191 e. The number of aryl methyl sites for hydroxylation is 3.